The van der Waals surface area contributed by atoms with Gasteiger partial charge in [-0.05, 0) is 65.1 Å². The maximum absolute atomic E-state index is 13.1. The highest BCUT2D eigenvalue weighted by atomic mass is 127. The summed E-state index contributed by atoms with van der Waals surface area (Å²) in [5.74, 6) is -6.99. The Morgan fingerprint density at radius 2 is 1.63 bits per heavy atom. The Kier molecular flexibility index (Phi) is 6.49. The fourth-order valence-corrected chi connectivity index (χ4v) is 4.76. The molecule has 12 heteroatoms. The number of rotatable bonds is 6. The van der Waals surface area contributed by atoms with Gasteiger partial charge in [0.15, 0.2) is 0 Å². The van der Waals surface area contributed by atoms with Gasteiger partial charge in [-0.25, -0.2) is 0 Å². The number of hydrogen-bond donors (Lipinski definition) is 1. The lowest BCUT2D eigenvalue weighted by Gasteiger charge is -2.27. The Bertz CT molecular complexity index is 959. The maximum Gasteiger partial charge on any atom is 0.426 e. The zero-order valence-corrected chi connectivity index (χ0v) is 18.1. The van der Waals surface area contributed by atoms with Crippen LogP contribution in [0.1, 0.15) is 6.42 Å². The van der Waals surface area contributed by atoms with Gasteiger partial charge in [0.05, 0.1) is 11.8 Å². The third-order valence-electron chi connectivity index (χ3n) is 5.02. The van der Waals surface area contributed by atoms with E-state index in [0.717, 1.165) is 3.57 Å². The molecule has 30 heavy (non-hydrogen) atoms. The molecule has 1 aromatic rings. The van der Waals surface area contributed by atoms with Crippen molar-refractivity contribution < 1.29 is 45.2 Å². The summed E-state index contributed by atoms with van der Waals surface area (Å²) in [6.45, 7) is 0. The van der Waals surface area contributed by atoms with Gasteiger partial charge in [0.1, 0.15) is 11.5 Å². The number of halogens is 4. The van der Waals surface area contributed by atoms with Gasteiger partial charge in [0.25, 0.3) is 10.1 Å². The molecule has 2 bridgehead atoms. The monoisotopic (exact) mass is 560 g/mol. The van der Waals surface area contributed by atoms with E-state index in [2.05, 4.69) is 27.3 Å². The van der Waals surface area contributed by atoms with Gasteiger partial charge in [0.2, 0.25) is 6.10 Å². The number of hydrogen-bond acceptors (Lipinski definition) is 6. The summed E-state index contributed by atoms with van der Waals surface area (Å²) in [5.41, 5.74) is 0. The number of alkyl halides is 3. The fraction of sp³-hybridized carbons (Fsp3) is 0.444. The topological polar surface area (TPSA) is 107 Å². The van der Waals surface area contributed by atoms with Crippen LogP contribution in [0.3, 0.4) is 0 Å². The number of allylic oxidation sites excluding steroid dienone is 2. The molecule has 0 amide bonds. The van der Waals surface area contributed by atoms with Crippen LogP contribution in [0.15, 0.2) is 36.4 Å². The van der Waals surface area contributed by atoms with E-state index in [4.69, 9.17) is 9.29 Å². The first-order valence-electron chi connectivity index (χ1n) is 8.73. The molecule has 2 aliphatic rings. The van der Waals surface area contributed by atoms with Crippen LogP contribution in [-0.4, -0.2) is 42.9 Å². The molecule has 1 aromatic carbocycles. The second-order valence-corrected chi connectivity index (χ2v) is 9.83. The predicted molar refractivity (Wildman–Crippen MR) is 105 cm³/mol. The normalized spacial score (nSPS) is 26.4. The van der Waals surface area contributed by atoms with Crippen LogP contribution < -0.4 is 4.74 Å². The van der Waals surface area contributed by atoms with Gasteiger partial charge in [-0.3, -0.25) is 14.1 Å². The van der Waals surface area contributed by atoms with Crippen LogP contribution in [0.4, 0.5) is 13.2 Å². The van der Waals surface area contributed by atoms with E-state index in [-0.39, 0.29) is 5.75 Å². The molecular formula is C18H16F3IO7S. The van der Waals surface area contributed by atoms with Gasteiger partial charge in [0, 0.05) is 3.57 Å². The summed E-state index contributed by atoms with van der Waals surface area (Å²) in [4.78, 5) is 25.2. The molecule has 1 fully saturated rings. The molecule has 2 aliphatic carbocycles. The molecule has 0 aromatic heterocycles. The van der Waals surface area contributed by atoms with E-state index in [1.165, 1.54) is 0 Å². The molecule has 0 heterocycles. The van der Waals surface area contributed by atoms with E-state index in [9.17, 15) is 31.2 Å². The zero-order chi connectivity index (χ0) is 22.3. The number of carbonyl (C=O) groups is 2. The average Bonchev–Trinajstić information content (AvgIpc) is 3.22. The third-order valence-corrected chi connectivity index (χ3v) is 6.46. The van der Waals surface area contributed by atoms with Crippen molar-refractivity contribution in [2.45, 2.75) is 18.7 Å². The van der Waals surface area contributed by atoms with E-state index < -0.39 is 63.8 Å². The molecule has 0 radical (unpaired) electrons. The van der Waals surface area contributed by atoms with Crippen molar-refractivity contribution in [1.82, 2.24) is 0 Å². The Morgan fingerprint density at radius 1 is 1.10 bits per heavy atom. The molecule has 0 aliphatic heterocycles. The highest BCUT2D eigenvalue weighted by Crippen LogP contribution is 2.49. The van der Waals surface area contributed by atoms with Crippen molar-refractivity contribution in [3.05, 3.63) is 40.0 Å². The molecule has 5 atom stereocenters. The van der Waals surface area contributed by atoms with Gasteiger partial charge in [-0.15, -0.1) is 0 Å². The van der Waals surface area contributed by atoms with E-state index >= 15 is 0 Å². The van der Waals surface area contributed by atoms with Crippen molar-refractivity contribution >= 4 is 44.6 Å². The van der Waals surface area contributed by atoms with Crippen molar-refractivity contribution in [2.75, 3.05) is 5.75 Å². The molecule has 0 spiro atoms. The standard InChI is InChI=1S/C18H16F3IO7S/c19-18(20,21)13(8-30(25,26)27)29-17(24)15-10-2-1-9(7-10)14(15)16(23)28-12-5-3-11(22)4-6-12/h1-6,9-10,13-15H,7-8H2,(H,25,26,27). The zero-order valence-electron chi connectivity index (χ0n) is 15.1. The summed E-state index contributed by atoms with van der Waals surface area (Å²) in [7, 11) is -5.06. The van der Waals surface area contributed by atoms with Gasteiger partial charge in [-0.2, -0.15) is 21.6 Å². The Morgan fingerprint density at radius 3 is 2.13 bits per heavy atom. The Hall–Kier alpha value is -1.67. The Labute approximate surface area is 183 Å². The third kappa shape index (κ3) is 5.32. The van der Waals surface area contributed by atoms with Crippen LogP contribution in [0, 0.1) is 27.2 Å². The van der Waals surface area contributed by atoms with Crippen LogP contribution >= 0.6 is 22.6 Å². The first-order valence-corrected chi connectivity index (χ1v) is 11.4. The average molecular weight is 560 g/mol. The van der Waals surface area contributed by atoms with E-state index in [0.29, 0.717) is 6.42 Å². The number of carbonyl (C=O) groups excluding carboxylic acids is 2. The second kappa shape index (κ2) is 8.46. The summed E-state index contributed by atoms with van der Waals surface area (Å²) in [5, 5.41) is 0. The molecule has 5 unspecified atom stereocenters. The van der Waals surface area contributed by atoms with Crippen molar-refractivity contribution in [3.63, 3.8) is 0 Å². The quantitative estimate of drug-likeness (QED) is 0.188. The lowest BCUT2D eigenvalue weighted by molar-refractivity contribution is -0.218. The SMILES string of the molecule is O=C(Oc1ccc(I)cc1)C1C2C=CC(C2)C1C(=O)OC(CS(=O)(=O)O)C(F)(F)F. The number of ether oxygens (including phenoxy) is 2. The van der Waals surface area contributed by atoms with Crippen LogP contribution in [0.25, 0.3) is 0 Å². The van der Waals surface area contributed by atoms with E-state index in [1.54, 1.807) is 36.4 Å². The minimum atomic E-state index is -5.21. The smallest absolute Gasteiger partial charge is 0.426 e. The first kappa shape index (κ1) is 23.0. The fourth-order valence-electron chi connectivity index (χ4n) is 3.76. The minimum absolute atomic E-state index is 0.221. The summed E-state index contributed by atoms with van der Waals surface area (Å²) >= 11 is 2.06. The number of fused-ring (bicyclic) bond motifs is 2. The minimum Gasteiger partial charge on any atom is -0.451 e. The lowest BCUT2D eigenvalue weighted by atomic mass is 9.83. The summed E-state index contributed by atoms with van der Waals surface area (Å²) < 4.78 is 80.5. The van der Waals surface area contributed by atoms with Gasteiger partial charge in [-0.1, -0.05) is 12.2 Å². The Balaban J connectivity index is 1.78. The number of esters is 2. The molecule has 1 N–H and O–H groups in total. The molecule has 3 rings (SSSR count). The molecule has 0 saturated heterocycles. The van der Waals surface area contributed by atoms with E-state index in [1.807, 2.05) is 0 Å². The highest BCUT2D eigenvalue weighted by molar-refractivity contribution is 14.1. The maximum atomic E-state index is 13.1. The van der Waals surface area contributed by atoms with Crippen LogP contribution in [0.5, 0.6) is 5.75 Å². The van der Waals surface area contributed by atoms with Crippen molar-refractivity contribution in [2.24, 2.45) is 23.7 Å². The summed E-state index contributed by atoms with van der Waals surface area (Å²) in [6, 6.07) is 6.47. The van der Waals surface area contributed by atoms with Gasteiger partial charge >= 0.3 is 18.1 Å². The van der Waals surface area contributed by atoms with Crippen molar-refractivity contribution in [3.8, 4) is 5.75 Å². The summed E-state index contributed by atoms with van der Waals surface area (Å²) in [6.07, 6.45) is -4.57. The highest BCUT2D eigenvalue weighted by Gasteiger charge is 2.55. The largest absolute Gasteiger partial charge is 0.451 e. The lowest BCUT2D eigenvalue weighted by Crippen LogP contribution is -2.43. The van der Waals surface area contributed by atoms with Crippen molar-refractivity contribution in [1.29, 1.82) is 0 Å². The van der Waals surface area contributed by atoms with Crippen LogP contribution in [-0.2, 0) is 24.4 Å². The first-order chi connectivity index (χ1) is 13.8. The number of benzene rings is 1. The molecule has 1 saturated carbocycles. The second-order valence-electron chi connectivity index (χ2n) is 7.09. The molecule has 164 valence electrons. The van der Waals surface area contributed by atoms with Crippen LogP contribution in [0.2, 0.25) is 0 Å². The molecular weight excluding hydrogens is 544 g/mol. The van der Waals surface area contributed by atoms with Gasteiger partial charge < -0.3 is 9.47 Å². The predicted octanol–water partition coefficient (Wildman–Crippen LogP) is 3.00. The molecule has 7 nitrogen and oxygen atoms in total.